The Morgan fingerprint density at radius 1 is 1.24 bits per heavy atom. The highest BCUT2D eigenvalue weighted by Crippen LogP contribution is 2.29. The fourth-order valence-corrected chi connectivity index (χ4v) is 3.35. The number of hydrogen-bond donors (Lipinski definition) is 0. The van der Waals surface area contributed by atoms with Crippen LogP contribution >= 0.6 is 33.9 Å². The van der Waals surface area contributed by atoms with Gasteiger partial charge in [-0.05, 0) is 46.9 Å². The van der Waals surface area contributed by atoms with E-state index >= 15 is 0 Å². The lowest BCUT2D eigenvalue weighted by atomic mass is 10.2. The standard InChI is InChI=1S/C14H9IN2O3S/c15-12-3-1-2-11-10(12)6-7-16-14(11)20-8-9-4-5-13(21-9)17(18)19/h1-7H,8H2. The number of benzene rings is 1. The van der Waals surface area contributed by atoms with Crippen LogP contribution in [0.2, 0.25) is 0 Å². The number of nitro groups is 1. The molecule has 0 radical (unpaired) electrons. The number of nitrogens with zero attached hydrogens (tertiary/aromatic N) is 2. The number of halogens is 1. The van der Waals surface area contributed by atoms with Crippen LogP contribution in [-0.2, 0) is 6.61 Å². The molecule has 0 bridgehead atoms. The van der Waals surface area contributed by atoms with E-state index < -0.39 is 4.92 Å². The zero-order valence-corrected chi connectivity index (χ0v) is 13.6. The van der Waals surface area contributed by atoms with Crippen molar-refractivity contribution in [2.24, 2.45) is 0 Å². The molecule has 0 unspecified atom stereocenters. The molecule has 1 aromatic carbocycles. The van der Waals surface area contributed by atoms with Crippen molar-refractivity contribution in [3.63, 3.8) is 0 Å². The molecule has 2 heterocycles. The molecule has 0 spiro atoms. The minimum Gasteiger partial charge on any atom is -0.471 e. The Morgan fingerprint density at radius 2 is 2.10 bits per heavy atom. The first-order valence-corrected chi connectivity index (χ1v) is 7.94. The maximum absolute atomic E-state index is 10.7. The molecule has 2 aromatic heterocycles. The lowest BCUT2D eigenvalue weighted by molar-refractivity contribution is -0.380. The van der Waals surface area contributed by atoms with Crippen molar-refractivity contribution in [2.45, 2.75) is 6.61 Å². The van der Waals surface area contributed by atoms with Crippen LogP contribution in [-0.4, -0.2) is 9.91 Å². The smallest absolute Gasteiger partial charge is 0.324 e. The van der Waals surface area contributed by atoms with Crippen molar-refractivity contribution in [2.75, 3.05) is 0 Å². The molecule has 0 saturated carbocycles. The van der Waals surface area contributed by atoms with Gasteiger partial charge in [-0.15, -0.1) is 0 Å². The molecule has 0 fully saturated rings. The van der Waals surface area contributed by atoms with Gasteiger partial charge in [0.05, 0.1) is 4.92 Å². The van der Waals surface area contributed by atoms with Gasteiger partial charge in [0.1, 0.15) is 6.61 Å². The maximum Gasteiger partial charge on any atom is 0.324 e. The lowest BCUT2D eigenvalue weighted by Crippen LogP contribution is -1.96. The highest BCUT2D eigenvalue weighted by atomic mass is 127. The Morgan fingerprint density at radius 3 is 2.86 bits per heavy atom. The second-order valence-corrected chi connectivity index (χ2v) is 6.55. The quantitative estimate of drug-likeness (QED) is 0.362. The van der Waals surface area contributed by atoms with E-state index in [4.69, 9.17) is 4.74 Å². The summed E-state index contributed by atoms with van der Waals surface area (Å²) in [5.41, 5.74) is 0. The summed E-state index contributed by atoms with van der Waals surface area (Å²) in [6.45, 7) is 0.274. The van der Waals surface area contributed by atoms with Gasteiger partial charge in [-0.2, -0.15) is 0 Å². The van der Waals surface area contributed by atoms with Gasteiger partial charge in [-0.1, -0.05) is 17.4 Å². The highest BCUT2D eigenvalue weighted by molar-refractivity contribution is 14.1. The topological polar surface area (TPSA) is 65.3 Å². The molecule has 21 heavy (non-hydrogen) atoms. The predicted octanol–water partition coefficient (Wildman–Crippen LogP) is 4.39. The van der Waals surface area contributed by atoms with Gasteiger partial charge in [0, 0.05) is 31.5 Å². The Hall–Kier alpha value is -1.74. The van der Waals surface area contributed by atoms with Crippen molar-refractivity contribution >= 4 is 49.7 Å². The van der Waals surface area contributed by atoms with Crippen LogP contribution in [0.1, 0.15) is 4.88 Å². The minimum atomic E-state index is -0.396. The van der Waals surface area contributed by atoms with E-state index in [-0.39, 0.29) is 11.6 Å². The molecule has 7 heteroatoms. The van der Waals surface area contributed by atoms with Gasteiger partial charge in [0.15, 0.2) is 0 Å². The Kier molecular flexibility index (Phi) is 4.02. The van der Waals surface area contributed by atoms with Crippen LogP contribution in [0.5, 0.6) is 5.88 Å². The molecule has 0 aliphatic heterocycles. The molecule has 0 atom stereocenters. The SMILES string of the molecule is O=[N+]([O-])c1ccc(COc2nccc3c(I)cccc23)s1. The van der Waals surface area contributed by atoms with Crippen molar-refractivity contribution in [3.05, 3.63) is 61.2 Å². The third-order valence-corrected chi connectivity index (χ3v) is 4.85. The zero-order valence-electron chi connectivity index (χ0n) is 10.7. The summed E-state index contributed by atoms with van der Waals surface area (Å²) < 4.78 is 6.86. The molecule has 106 valence electrons. The molecular formula is C14H9IN2O3S. The number of fused-ring (bicyclic) bond motifs is 1. The number of ether oxygens (including phenoxy) is 1. The van der Waals surface area contributed by atoms with Gasteiger partial charge in [0.25, 0.3) is 0 Å². The van der Waals surface area contributed by atoms with Crippen LogP contribution in [0.3, 0.4) is 0 Å². The molecule has 0 aliphatic rings. The van der Waals surface area contributed by atoms with Crippen LogP contribution < -0.4 is 4.74 Å². The average molecular weight is 412 g/mol. The lowest BCUT2D eigenvalue weighted by Gasteiger charge is -2.07. The number of pyridine rings is 1. The largest absolute Gasteiger partial charge is 0.471 e. The van der Waals surface area contributed by atoms with Crippen molar-refractivity contribution < 1.29 is 9.66 Å². The van der Waals surface area contributed by atoms with E-state index in [1.54, 1.807) is 12.3 Å². The summed E-state index contributed by atoms with van der Waals surface area (Å²) >= 11 is 3.38. The third kappa shape index (κ3) is 2.98. The van der Waals surface area contributed by atoms with Gasteiger partial charge in [-0.25, -0.2) is 4.98 Å². The first-order valence-electron chi connectivity index (χ1n) is 6.04. The van der Waals surface area contributed by atoms with Crippen molar-refractivity contribution in [1.29, 1.82) is 0 Å². The molecule has 5 nitrogen and oxygen atoms in total. The molecule has 3 rings (SSSR count). The van der Waals surface area contributed by atoms with Gasteiger partial charge in [0.2, 0.25) is 5.88 Å². The fourth-order valence-electron chi connectivity index (χ4n) is 1.94. The van der Waals surface area contributed by atoms with E-state index in [0.29, 0.717) is 5.88 Å². The fraction of sp³-hybridized carbons (Fsp3) is 0.0714. The summed E-state index contributed by atoms with van der Waals surface area (Å²) in [5.74, 6) is 0.544. The summed E-state index contributed by atoms with van der Waals surface area (Å²) in [5, 5.41) is 12.8. The van der Waals surface area contributed by atoms with E-state index in [2.05, 4.69) is 27.6 Å². The summed E-state index contributed by atoms with van der Waals surface area (Å²) in [6, 6.07) is 11.1. The van der Waals surface area contributed by atoms with Gasteiger partial charge in [-0.3, -0.25) is 10.1 Å². The normalized spacial score (nSPS) is 10.7. The van der Waals surface area contributed by atoms with Crippen LogP contribution in [0, 0.1) is 13.7 Å². The monoisotopic (exact) mass is 412 g/mol. The zero-order chi connectivity index (χ0) is 14.8. The number of hydrogen-bond acceptors (Lipinski definition) is 5. The highest BCUT2D eigenvalue weighted by Gasteiger charge is 2.11. The van der Waals surface area contributed by atoms with Crippen LogP contribution in [0.25, 0.3) is 10.8 Å². The number of thiophene rings is 1. The van der Waals surface area contributed by atoms with E-state index in [0.717, 1.165) is 30.6 Å². The number of aromatic nitrogens is 1. The number of rotatable bonds is 4. The van der Waals surface area contributed by atoms with E-state index in [9.17, 15) is 10.1 Å². The maximum atomic E-state index is 10.7. The molecule has 0 N–H and O–H groups in total. The molecule has 0 saturated heterocycles. The molecule has 0 aliphatic carbocycles. The second kappa shape index (κ2) is 5.94. The third-order valence-electron chi connectivity index (χ3n) is 2.89. The van der Waals surface area contributed by atoms with Crippen molar-refractivity contribution in [3.8, 4) is 5.88 Å². The second-order valence-electron chi connectivity index (χ2n) is 4.24. The molecular weight excluding hydrogens is 403 g/mol. The van der Waals surface area contributed by atoms with E-state index in [1.807, 2.05) is 24.3 Å². The predicted molar refractivity (Wildman–Crippen MR) is 89.8 cm³/mol. The Labute approximate surface area is 137 Å². The van der Waals surface area contributed by atoms with Crippen molar-refractivity contribution in [1.82, 2.24) is 4.98 Å². The first kappa shape index (κ1) is 14.2. The Balaban J connectivity index is 1.85. The Bertz CT molecular complexity index is 819. The summed E-state index contributed by atoms with van der Waals surface area (Å²) in [6.07, 6.45) is 1.71. The first-order chi connectivity index (χ1) is 10.1. The van der Waals surface area contributed by atoms with Gasteiger partial charge >= 0.3 is 5.00 Å². The minimum absolute atomic E-state index is 0.119. The molecule has 3 aromatic rings. The molecule has 0 amide bonds. The van der Waals surface area contributed by atoms with Crippen LogP contribution in [0.4, 0.5) is 5.00 Å². The summed E-state index contributed by atoms with van der Waals surface area (Å²) in [7, 11) is 0. The van der Waals surface area contributed by atoms with Crippen LogP contribution in [0.15, 0.2) is 42.6 Å². The summed E-state index contributed by atoms with van der Waals surface area (Å²) in [4.78, 5) is 15.3. The average Bonchev–Trinajstić information content (AvgIpc) is 2.95. The van der Waals surface area contributed by atoms with Gasteiger partial charge < -0.3 is 4.74 Å². The van der Waals surface area contributed by atoms with E-state index in [1.165, 1.54) is 6.07 Å².